The van der Waals surface area contributed by atoms with Gasteiger partial charge in [-0.15, -0.1) is 21.5 Å². The molecule has 2 unspecified atom stereocenters. The van der Waals surface area contributed by atoms with Crippen molar-refractivity contribution in [1.82, 2.24) is 14.8 Å². The lowest BCUT2D eigenvalue weighted by Crippen LogP contribution is -2.28. The summed E-state index contributed by atoms with van der Waals surface area (Å²) in [4.78, 5) is 14.1. The largest absolute Gasteiger partial charge is 0.481 e. The maximum atomic E-state index is 12.9. The number of nitrogens with zero attached hydrogens (tertiary/aromatic N) is 4. The molecular weight excluding hydrogens is 561 g/mol. The molecule has 1 N–H and O–H groups in total. The Balaban J connectivity index is 1.39. The van der Waals surface area contributed by atoms with Gasteiger partial charge in [0.05, 0.1) is 16.3 Å². The van der Waals surface area contributed by atoms with Gasteiger partial charge in [0.1, 0.15) is 16.8 Å². The summed E-state index contributed by atoms with van der Waals surface area (Å²) in [6, 6.07) is 7.35. The summed E-state index contributed by atoms with van der Waals surface area (Å²) in [5, 5.41) is 23.5. The normalized spacial score (nSPS) is 16.0. The van der Waals surface area contributed by atoms with E-state index in [1.807, 2.05) is 14.0 Å². The molecule has 0 saturated heterocycles. The number of halogens is 2. The minimum atomic E-state index is -0.441. The molecule has 0 fully saturated rings. The van der Waals surface area contributed by atoms with Crippen molar-refractivity contribution in [3.05, 3.63) is 50.1 Å². The number of nitrogens with one attached hydrogen (secondary N) is 1. The highest BCUT2D eigenvalue weighted by atomic mass is 35.5. The van der Waals surface area contributed by atoms with E-state index >= 15 is 0 Å². The maximum Gasteiger partial charge on any atom is 0.235 e. The van der Waals surface area contributed by atoms with Crippen LogP contribution in [0.5, 0.6) is 5.75 Å². The fraction of sp³-hybridized carbons (Fsp3) is 0.481. The molecule has 1 amide bonds. The Bertz CT molecular complexity index is 1380. The molecule has 1 aliphatic rings. The lowest BCUT2D eigenvalue weighted by Gasteiger charge is -2.36. The Kier molecular flexibility index (Phi) is 8.98. The van der Waals surface area contributed by atoms with Crippen molar-refractivity contribution in [3.63, 3.8) is 0 Å². The van der Waals surface area contributed by atoms with Crippen LogP contribution in [0.25, 0.3) is 0 Å². The molecule has 0 saturated carbocycles. The van der Waals surface area contributed by atoms with Crippen LogP contribution in [0.4, 0.5) is 5.00 Å². The first kappa shape index (κ1) is 28.8. The molecule has 4 rings (SSSR count). The van der Waals surface area contributed by atoms with Gasteiger partial charge in [0.2, 0.25) is 5.91 Å². The molecule has 2 heterocycles. The number of carbonyl (C=O) groups is 1. The maximum absolute atomic E-state index is 12.9. The van der Waals surface area contributed by atoms with Crippen molar-refractivity contribution in [1.29, 1.82) is 5.26 Å². The van der Waals surface area contributed by atoms with Crippen molar-refractivity contribution in [2.75, 3.05) is 11.1 Å². The van der Waals surface area contributed by atoms with Crippen molar-refractivity contribution >= 4 is 57.2 Å². The average Bonchev–Trinajstić information content (AvgIpc) is 3.43. The van der Waals surface area contributed by atoms with Crippen LogP contribution in [0.3, 0.4) is 0 Å². The number of ether oxygens (including phenoxy) is 1. The molecule has 0 aliphatic heterocycles. The Hall–Kier alpha value is -2.25. The van der Waals surface area contributed by atoms with Gasteiger partial charge in [-0.1, -0.05) is 62.2 Å². The summed E-state index contributed by atoms with van der Waals surface area (Å²) >= 11 is 15.1. The standard InChI is InChI=1S/C27H31Cl2N5O2S2/c1-6-27(3,4)16-7-9-18-19(13-30)25(38-22(18)11-16)31-23(35)14-37-26-33-32-24(34(26)5)15(2)36-21-12-17(28)8-10-20(21)29/h8,10,12,15-16H,6-7,9,11,14H2,1-5H3,(H,31,35). The molecule has 1 aromatic carbocycles. The van der Waals surface area contributed by atoms with Gasteiger partial charge in [-0.2, -0.15) is 5.26 Å². The van der Waals surface area contributed by atoms with E-state index in [0.717, 1.165) is 31.2 Å². The van der Waals surface area contributed by atoms with Gasteiger partial charge >= 0.3 is 0 Å². The first-order valence-electron chi connectivity index (χ1n) is 12.5. The zero-order chi connectivity index (χ0) is 27.6. The highest BCUT2D eigenvalue weighted by Crippen LogP contribution is 2.45. The van der Waals surface area contributed by atoms with Crippen LogP contribution in [0, 0.1) is 22.7 Å². The third-order valence-corrected chi connectivity index (χ3v) is 10.1. The number of hydrogen-bond acceptors (Lipinski definition) is 7. The second-order valence-corrected chi connectivity index (χ2v) is 13.1. The van der Waals surface area contributed by atoms with E-state index in [1.165, 1.54) is 16.6 Å². The van der Waals surface area contributed by atoms with E-state index in [0.29, 0.717) is 43.3 Å². The number of carbonyl (C=O) groups excluding carboxylic acids is 1. The molecule has 38 heavy (non-hydrogen) atoms. The summed E-state index contributed by atoms with van der Waals surface area (Å²) in [7, 11) is 1.82. The molecule has 0 spiro atoms. The number of thioether (sulfide) groups is 1. The Morgan fingerprint density at radius 3 is 2.87 bits per heavy atom. The number of aromatic nitrogens is 3. The third-order valence-electron chi connectivity index (χ3n) is 7.41. The van der Waals surface area contributed by atoms with Crippen LogP contribution in [-0.4, -0.2) is 26.4 Å². The summed E-state index contributed by atoms with van der Waals surface area (Å²) in [6.45, 7) is 8.71. The highest BCUT2D eigenvalue weighted by Gasteiger charge is 2.34. The quantitative estimate of drug-likeness (QED) is 0.259. The van der Waals surface area contributed by atoms with Gasteiger partial charge in [0, 0.05) is 23.0 Å². The van der Waals surface area contributed by atoms with Crippen LogP contribution in [-0.2, 0) is 24.7 Å². The Morgan fingerprint density at radius 2 is 2.16 bits per heavy atom. The van der Waals surface area contributed by atoms with E-state index in [2.05, 4.69) is 42.4 Å². The van der Waals surface area contributed by atoms with Crippen molar-refractivity contribution in [3.8, 4) is 11.8 Å². The van der Waals surface area contributed by atoms with Gasteiger partial charge in [-0.05, 0) is 55.2 Å². The minimum absolute atomic E-state index is 0.139. The molecule has 0 bridgehead atoms. The molecule has 202 valence electrons. The summed E-state index contributed by atoms with van der Waals surface area (Å²) < 4.78 is 7.75. The average molecular weight is 593 g/mol. The molecule has 1 aliphatic carbocycles. The second-order valence-electron chi connectivity index (χ2n) is 10.2. The summed E-state index contributed by atoms with van der Waals surface area (Å²) in [5.74, 6) is 1.58. The molecule has 7 nitrogen and oxygen atoms in total. The number of nitriles is 1. The SMILES string of the molecule is CCC(C)(C)C1CCc2c(sc(NC(=O)CSc3nnc(C(C)Oc4cc(Cl)ccc4Cl)n3C)c2C#N)C1. The van der Waals surface area contributed by atoms with E-state index in [4.69, 9.17) is 27.9 Å². The van der Waals surface area contributed by atoms with E-state index in [-0.39, 0.29) is 17.1 Å². The van der Waals surface area contributed by atoms with Gasteiger partial charge in [0.15, 0.2) is 17.1 Å². The van der Waals surface area contributed by atoms with Gasteiger partial charge < -0.3 is 14.6 Å². The number of amides is 1. The third kappa shape index (κ3) is 6.15. The molecule has 2 aromatic heterocycles. The number of rotatable bonds is 9. The first-order chi connectivity index (χ1) is 18.0. The Morgan fingerprint density at radius 1 is 1.39 bits per heavy atom. The fourth-order valence-electron chi connectivity index (χ4n) is 4.66. The van der Waals surface area contributed by atoms with Crippen LogP contribution in [0.2, 0.25) is 10.0 Å². The van der Waals surface area contributed by atoms with E-state index in [9.17, 15) is 10.1 Å². The van der Waals surface area contributed by atoms with E-state index in [1.54, 1.807) is 34.1 Å². The predicted molar refractivity (Wildman–Crippen MR) is 154 cm³/mol. The highest BCUT2D eigenvalue weighted by molar-refractivity contribution is 7.99. The zero-order valence-corrected chi connectivity index (χ0v) is 25.2. The zero-order valence-electron chi connectivity index (χ0n) is 22.1. The number of anilines is 1. The topological polar surface area (TPSA) is 92.8 Å². The van der Waals surface area contributed by atoms with Crippen LogP contribution in [0.15, 0.2) is 23.4 Å². The molecule has 3 aromatic rings. The number of fused-ring (bicyclic) bond motifs is 1. The molecule has 11 heteroatoms. The fourth-order valence-corrected chi connectivity index (χ4v) is 6.99. The monoisotopic (exact) mass is 591 g/mol. The van der Waals surface area contributed by atoms with Crippen molar-refractivity contribution < 1.29 is 9.53 Å². The minimum Gasteiger partial charge on any atom is -0.481 e. The molecular formula is C27H31Cl2N5O2S2. The van der Waals surface area contributed by atoms with Gasteiger partial charge in [-0.3, -0.25) is 4.79 Å². The van der Waals surface area contributed by atoms with Gasteiger partial charge in [-0.25, -0.2) is 0 Å². The van der Waals surface area contributed by atoms with Crippen LogP contribution >= 0.6 is 46.3 Å². The second kappa shape index (κ2) is 11.9. The molecule has 0 radical (unpaired) electrons. The van der Waals surface area contributed by atoms with E-state index < -0.39 is 6.10 Å². The lowest BCUT2D eigenvalue weighted by molar-refractivity contribution is -0.113. The van der Waals surface area contributed by atoms with Crippen molar-refractivity contribution in [2.24, 2.45) is 18.4 Å². The Labute approximate surface area is 241 Å². The lowest BCUT2D eigenvalue weighted by atomic mass is 9.69. The number of thiophene rings is 1. The summed E-state index contributed by atoms with van der Waals surface area (Å²) in [6.07, 6.45) is 3.60. The molecule has 2 atom stereocenters. The first-order valence-corrected chi connectivity index (χ1v) is 15.1. The number of benzene rings is 1. The van der Waals surface area contributed by atoms with Gasteiger partial charge in [0.25, 0.3) is 0 Å². The van der Waals surface area contributed by atoms with Crippen molar-refractivity contribution in [2.45, 2.75) is 64.6 Å². The van der Waals surface area contributed by atoms with Crippen LogP contribution in [0.1, 0.15) is 68.5 Å². The predicted octanol–water partition coefficient (Wildman–Crippen LogP) is 7.47. The smallest absolute Gasteiger partial charge is 0.235 e. The van der Waals surface area contributed by atoms with Crippen LogP contribution < -0.4 is 10.1 Å². The number of hydrogen-bond donors (Lipinski definition) is 1. The summed E-state index contributed by atoms with van der Waals surface area (Å²) in [5.41, 5.74) is 1.98.